The zero-order valence-corrected chi connectivity index (χ0v) is 15.9. The third-order valence-corrected chi connectivity index (χ3v) is 6.33. The summed E-state index contributed by atoms with van der Waals surface area (Å²) in [4.78, 5) is 26.4. The lowest BCUT2D eigenvalue weighted by molar-refractivity contribution is -0.136. The van der Waals surface area contributed by atoms with Gasteiger partial charge in [-0.25, -0.2) is 13.2 Å². The van der Waals surface area contributed by atoms with Gasteiger partial charge in [0.1, 0.15) is 6.33 Å². The Morgan fingerprint density at radius 1 is 1.37 bits per heavy atom. The average Bonchev–Trinajstić information content (AvgIpc) is 3.25. The highest BCUT2D eigenvalue weighted by atomic mass is 32.2. The number of pyridine rings is 1. The van der Waals surface area contributed by atoms with Crippen molar-refractivity contribution in [3.8, 4) is 0 Å². The van der Waals surface area contributed by atoms with Gasteiger partial charge in [0.2, 0.25) is 0 Å². The second kappa shape index (κ2) is 8.03. The molecule has 0 saturated carbocycles. The minimum Gasteiger partial charge on any atom is -0.452 e. The molecule has 0 bridgehead atoms. The summed E-state index contributed by atoms with van der Waals surface area (Å²) in [5, 5.41) is 7.59. The molecule has 27 heavy (non-hydrogen) atoms. The number of hydrogen-bond donors (Lipinski definition) is 0. The van der Waals surface area contributed by atoms with E-state index in [4.69, 9.17) is 4.74 Å². The van der Waals surface area contributed by atoms with Gasteiger partial charge < -0.3 is 9.64 Å². The van der Waals surface area contributed by atoms with E-state index in [1.54, 1.807) is 21.4 Å². The lowest BCUT2D eigenvalue weighted by Crippen LogP contribution is -2.43. The van der Waals surface area contributed by atoms with Gasteiger partial charge in [0.05, 0.1) is 17.1 Å². The molecule has 0 spiro atoms. The maximum atomic E-state index is 12.6. The van der Waals surface area contributed by atoms with Crippen molar-refractivity contribution in [1.82, 2.24) is 19.5 Å². The Hall–Kier alpha value is -2.49. The highest BCUT2D eigenvalue weighted by Crippen LogP contribution is 2.19. The highest BCUT2D eigenvalue weighted by molar-refractivity contribution is 7.91. The van der Waals surface area contributed by atoms with E-state index in [2.05, 4.69) is 10.2 Å². The van der Waals surface area contributed by atoms with Crippen LogP contribution in [0, 0.1) is 0 Å². The second-order valence-electron chi connectivity index (χ2n) is 6.59. The Morgan fingerprint density at radius 2 is 2.19 bits per heavy atom. The summed E-state index contributed by atoms with van der Waals surface area (Å²) in [5.41, 5.74) is 0.870. The fourth-order valence-electron chi connectivity index (χ4n) is 3.10. The first-order valence-electron chi connectivity index (χ1n) is 8.86. The van der Waals surface area contributed by atoms with E-state index in [0.29, 0.717) is 18.6 Å². The van der Waals surface area contributed by atoms with Crippen LogP contribution in [0.4, 0.5) is 0 Å². The maximum Gasteiger partial charge on any atom is 0.340 e. The first-order valence-corrected chi connectivity index (χ1v) is 10.7. The summed E-state index contributed by atoms with van der Waals surface area (Å²) in [6.45, 7) is 2.04. The molecule has 146 valence electrons. The Balaban J connectivity index is 1.63. The normalized spacial score (nSPS) is 18.5. The quantitative estimate of drug-likeness (QED) is 0.636. The van der Waals surface area contributed by atoms with Gasteiger partial charge in [0, 0.05) is 18.8 Å². The lowest BCUT2D eigenvalue weighted by atomic mass is 10.2. The largest absolute Gasteiger partial charge is 0.452 e. The SMILES string of the molecule is CCCCN(C(=O)COC(=O)c1ccc2nncn2c1)C1CCS(=O)(=O)C1. The van der Waals surface area contributed by atoms with Crippen LogP contribution in [0.5, 0.6) is 0 Å². The molecule has 3 rings (SSSR count). The Labute approximate surface area is 157 Å². The summed E-state index contributed by atoms with van der Waals surface area (Å²) in [6.07, 6.45) is 5.06. The van der Waals surface area contributed by atoms with Crippen LogP contribution in [0.25, 0.3) is 5.65 Å². The number of sulfone groups is 1. The van der Waals surface area contributed by atoms with Crippen molar-refractivity contribution in [2.24, 2.45) is 0 Å². The maximum absolute atomic E-state index is 12.6. The molecule has 1 unspecified atom stereocenters. The molecular formula is C17H22N4O5S. The van der Waals surface area contributed by atoms with E-state index >= 15 is 0 Å². The van der Waals surface area contributed by atoms with E-state index in [1.165, 1.54) is 12.5 Å². The van der Waals surface area contributed by atoms with Crippen LogP contribution >= 0.6 is 0 Å². The van der Waals surface area contributed by atoms with E-state index in [1.807, 2.05) is 6.92 Å². The molecule has 1 saturated heterocycles. The number of amides is 1. The fraction of sp³-hybridized carbons (Fsp3) is 0.529. The number of aromatic nitrogens is 3. The Kier molecular flexibility index (Phi) is 5.73. The van der Waals surface area contributed by atoms with Crippen LogP contribution in [-0.2, 0) is 19.4 Å². The number of fused-ring (bicyclic) bond motifs is 1. The minimum atomic E-state index is -3.10. The van der Waals surface area contributed by atoms with Gasteiger partial charge in [-0.2, -0.15) is 0 Å². The molecule has 1 aliphatic heterocycles. The van der Waals surface area contributed by atoms with Gasteiger partial charge in [0.25, 0.3) is 5.91 Å². The monoisotopic (exact) mass is 394 g/mol. The highest BCUT2D eigenvalue weighted by Gasteiger charge is 2.34. The van der Waals surface area contributed by atoms with Crippen molar-refractivity contribution in [3.63, 3.8) is 0 Å². The standard InChI is InChI=1S/C17H22N4O5S/c1-2-3-7-21(14-6-8-27(24,25)11-14)16(22)10-26-17(23)13-4-5-15-19-18-12-20(15)9-13/h4-5,9,12,14H,2-3,6-8,10-11H2,1H3. The molecule has 3 heterocycles. The molecule has 2 aromatic rings. The van der Waals surface area contributed by atoms with Crippen molar-refractivity contribution in [2.75, 3.05) is 24.7 Å². The summed E-state index contributed by atoms with van der Waals surface area (Å²) in [5.74, 6) is -0.940. The molecule has 1 amide bonds. The second-order valence-corrected chi connectivity index (χ2v) is 8.82. The van der Waals surface area contributed by atoms with Crippen LogP contribution in [0.1, 0.15) is 36.5 Å². The van der Waals surface area contributed by atoms with Gasteiger partial charge in [-0.05, 0) is 25.0 Å². The van der Waals surface area contributed by atoms with Crippen LogP contribution < -0.4 is 0 Å². The lowest BCUT2D eigenvalue weighted by Gasteiger charge is -2.28. The van der Waals surface area contributed by atoms with Crippen molar-refractivity contribution in [3.05, 3.63) is 30.2 Å². The average molecular weight is 394 g/mol. The number of hydrogen-bond acceptors (Lipinski definition) is 7. The number of nitrogens with zero attached hydrogens (tertiary/aromatic N) is 4. The van der Waals surface area contributed by atoms with Crippen LogP contribution in [0.15, 0.2) is 24.7 Å². The summed E-state index contributed by atoms with van der Waals surface area (Å²) in [7, 11) is -3.10. The number of rotatable bonds is 7. The topological polar surface area (TPSA) is 111 Å². The van der Waals surface area contributed by atoms with Gasteiger partial charge in [-0.1, -0.05) is 13.3 Å². The van der Waals surface area contributed by atoms with E-state index in [-0.39, 0.29) is 29.0 Å². The first-order chi connectivity index (χ1) is 12.9. The first kappa shape index (κ1) is 19.3. The Bertz CT molecular complexity index is 940. The number of esters is 1. The van der Waals surface area contributed by atoms with E-state index in [0.717, 1.165) is 12.8 Å². The van der Waals surface area contributed by atoms with Crippen LogP contribution in [-0.4, -0.2) is 70.5 Å². The Morgan fingerprint density at radius 3 is 2.89 bits per heavy atom. The molecule has 0 N–H and O–H groups in total. The predicted octanol–water partition coefficient (Wildman–Crippen LogP) is 0.702. The molecule has 0 radical (unpaired) electrons. The van der Waals surface area contributed by atoms with Crippen molar-refractivity contribution >= 4 is 27.4 Å². The molecule has 1 atom stereocenters. The number of unbranched alkanes of at least 4 members (excludes halogenated alkanes) is 1. The molecule has 2 aromatic heterocycles. The van der Waals surface area contributed by atoms with E-state index in [9.17, 15) is 18.0 Å². The fourth-order valence-corrected chi connectivity index (χ4v) is 4.83. The summed E-state index contributed by atoms with van der Waals surface area (Å²) in [6, 6.07) is 2.83. The van der Waals surface area contributed by atoms with Gasteiger partial charge in [-0.15, -0.1) is 10.2 Å². The molecule has 1 aliphatic rings. The zero-order chi connectivity index (χ0) is 19.4. The molecule has 0 aromatic carbocycles. The summed E-state index contributed by atoms with van der Waals surface area (Å²) >= 11 is 0. The van der Waals surface area contributed by atoms with Crippen molar-refractivity contribution in [1.29, 1.82) is 0 Å². The third kappa shape index (κ3) is 4.62. The number of carbonyl (C=O) groups is 2. The predicted molar refractivity (Wildman–Crippen MR) is 96.9 cm³/mol. The van der Waals surface area contributed by atoms with Gasteiger partial charge >= 0.3 is 5.97 Å². The van der Waals surface area contributed by atoms with Crippen molar-refractivity contribution < 1.29 is 22.7 Å². The number of ether oxygens (including phenoxy) is 1. The molecule has 0 aliphatic carbocycles. The van der Waals surface area contributed by atoms with Gasteiger partial charge in [0.15, 0.2) is 22.1 Å². The smallest absolute Gasteiger partial charge is 0.340 e. The van der Waals surface area contributed by atoms with E-state index < -0.39 is 22.4 Å². The van der Waals surface area contributed by atoms with Crippen molar-refractivity contribution in [2.45, 2.75) is 32.2 Å². The summed E-state index contributed by atoms with van der Waals surface area (Å²) < 4.78 is 30.2. The molecular weight excluding hydrogens is 372 g/mol. The number of carbonyl (C=O) groups excluding carboxylic acids is 2. The molecule has 1 fully saturated rings. The zero-order valence-electron chi connectivity index (χ0n) is 15.1. The molecule has 10 heteroatoms. The van der Waals surface area contributed by atoms with Gasteiger partial charge in [-0.3, -0.25) is 9.20 Å². The molecule has 9 nitrogen and oxygen atoms in total. The van der Waals surface area contributed by atoms with Crippen LogP contribution in [0.3, 0.4) is 0 Å². The third-order valence-electron chi connectivity index (χ3n) is 4.58. The minimum absolute atomic E-state index is 0.0271. The van der Waals surface area contributed by atoms with Crippen LogP contribution in [0.2, 0.25) is 0 Å².